The summed E-state index contributed by atoms with van der Waals surface area (Å²) in [7, 11) is 1.67. The van der Waals surface area contributed by atoms with Crippen molar-refractivity contribution in [3.63, 3.8) is 0 Å². The molecule has 1 aromatic rings. The molecule has 118 valence electrons. The summed E-state index contributed by atoms with van der Waals surface area (Å²) in [5.41, 5.74) is 1.24. The first-order chi connectivity index (χ1) is 10.2. The van der Waals surface area contributed by atoms with Crippen molar-refractivity contribution in [3.05, 3.63) is 23.8 Å². The molecule has 0 aromatic heterocycles. The molecule has 0 aliphatic heterocycles. The van der Waals surface area contributed by atoms with Gasteiger partial charge in [0.2, 0.25) is 0 Å². The largest absolute Gasteiger partial charge is 0.493 e. The molecule has 1 unspecified atom stereocenters. The Balaban J connectivity index is 1.92. The van der Waals surface area contributed by atoms with E-state index in [4.69, 9.17) is 14.2 Å². The maximum atomic E-state index is 5.85. The van der Waals surface area contributed by atoms with E-state index >= 15 is 0 Å². The monoisotopic (exact) mass is 293 g/mol. The second-order valence-corrected chi connectivity index (χ2v) is 5.47. The van der Waals surface area contributed by atoms with E-state index in [1.165, 1.54) is 18.4 Å². The molecule has 4 heteroatoms. The molecule has 1 atom stereocenters. The van der Waals surface area contributed by atoms with Gasteiger partial charge in [0.05, 0.1) is 13.7 Å². The van der Waals surface area contributed by atoms with E-state index in [1.807, 2.05) is 13.0 Å². The van der Waals surface area contributed by atoms with Crippen LogP contribution in [0.3, 0.4) is 0 Å². The highest BCUT2D eigenvalue weighted by Gasteiger charge is 2.23. The minimum atomic E-state index is 0.342. The van der Waals surface area contributed by atoms with Gasteiger partial charge in [0, 0.05) is 31.7 Å². The van der Waals surface area contributed by atoms with E-state index in [0.29, 0.717) is 18.7 Å². The lowest BCUT2D eigenvalue weighted by atomic mass is 10.1. The van der Waals surface area contributed by atoms with Gasteiger partial charge in [0.1, 0.15) is 0 Å². The average Bonchev–Trinajstić information content (AvgIpc) is 3.30. The highest BCUT2D eigenvalue weighted by molar-refractivity contribution is 5.43. The highest BCUT2D eigenvalue weighted by Crippen LogP contribution is 2.31. The molecular weight excluding hydrogens is 266 g/mol. The lowest BCUT2D eigenvalue weighted by Crippen LogP contribution is -2.20. The molecule has 1 N–H and O–H groups in total. The first-order valence-corrected chi connectivity index (χ1v) is 7.89. The zero-order chi connectivity index (χ0) is 15.1. The van der Waals surface area contributed by atoms with Crippen LogP contribution in [0.15, 0.2) is 18.2 Å². The Morgan fingerprint density at radius 3 is 2.71 bits per heavy atom. The van der Waals surface area contributed by atoms with E-state index < -0.39 is 0 Å². The van der Waals surface area contributed by atoms with Gasteiger partial charge in [-0.1, -0.05) is 6.07 Å². The van der Waals surface area contributed by atoms with Gasteiger partial charge in [-0.3, -0.25) is 0 Å². The van der Waals surface area contributed by atoms with Crippen molar-refractivity contribution >= 4 is 0 Å². The second-order valence-electron chi connectivity index (χ2n) is 5.47. The van der Waals surface area contributed by atoms with Crippen LogP contribution in [-0.4, -0.2) is 33.0 Å². The zero-order valence-corrected chi connectivity index (χ0v) is 13.4. The Hall–Kier alpha value is -1.26. The molecule has 0 bridgehead atoms. The highest BCUT2D eigenvalue weighted by atomic mass is 16.5. The number of hydrogen-bond acceptors (Lipinski definition) is 4. The summed E-state index contributed by atoms with van der Waals surface area (Å²) in [4.78, 5) is 0. The Kier molecular flexibility index (Phi) is 6.33. The number of rotatable bonds is 10. The van der Waals surface area contributed by atoms with Gasteiger partial charge in [-0.25, -0.2) is 0 Å². The molecule has 1 aliphatic carbocycles. The summed E-state index contributed by atoms with van der Waals surface area (Å²) in [6.07, 6.45) is 3.47. The van der Waals surface area contributed by atoms with Crippen LogP contribution in [0.25, 0.3) is 0 Å². The normalized spacial score (nSPS) is 15.8. The van der Waals surface area contributed by atoms with Gasteiger partial charge >= 0.3 is 0 Å². The molecule has 0 heterocycles. The van der Waals surface area contributed by atoms with Crippen molar-refractivity contribution in [1.29, 1.82) is 0 Å². The summed E-state index contributed by atoms with van der Waals surface area (Å²) in [6, 6.07) is 7.20. The number of methoxy groups -OCH3 is 1. The summed E-state index contributed by atoms with van der Waals surface area (Å²) in [5, 5.41) is 3.60. The molecule has 1 saturated carbocycles. The smallest absolute Gasteiger partial charge is 0.161 e. The standard InChI is InChI=1S/C17H27NO3/c1-4-20-10-5-11-21-17-12-14(6-9-16(17)19-3)13(2)18-15-7-8-15/h6,9,12-13,15,18H,4-5,7-8,10-11H2,1-3H3. The molecule has 1 aromatic carbocycles. The quantitative estimate of drug-likeness (QED) is 0.672. The summed E-state index contributed by atoms with van der Waals surface area (Å²) in [5.74, 6) is 1.60. The van der Waals surface area contributed by atoms with Gasteiger partial charge in [-0.15, -0.1) is 0 Å². The van der Waals surface area contributed by atoms with Gasteiger partial charge < -0.3 is 19.5 Å². The Labute approximate surface area is 127 Å². The Morgan fingerprint density at radius 1 is 1.24 bits per heavy atom. The third kappa shape index (κ3) is 5.21. The molecule has 0 saturated heterocycles. The Bertz CT molecular complexity index is 432. The van der Waals surface area contributed by atoms with Crippen molar-refractivity contribution in [2.24, 2.45) is 0 Å². The summed E-state index contributed by atoms with van der Waals surface area (Å²) in [6.45, 7) is 6.33. The maximum Gasteiger partial charge on any atom is 0.161 e. The minimum absolute atomic E-state index is 0.342. The van der Waals surface area contributed by atoms with Gasteiger partial charge in [-0.05, 0) is 44.4 Å². The summed E-state index contributed by atoms with van der Waals surface area (Å²) >= 11 is 0. The van der Waals surface area contributed by atoms with E-state index in [0.717, 1.165) is 31.1 Å². The number of benzene rings is 1. The maximum absolute atomic E-state index is 5.85. The van der Waals surface area contributed by atoms with Crippen molar-refractivity contribution < 1.29 is 14.2 Å². The molecule has 1 fully saturated rings. The lowest BCUT2D eigenvalue weighted by molar-refractivity contribution is 0.130. The van der Waals surface area contributed by atoms with Crippen LogP contribution in [0.5, 0.6) is 11.5 Å². The third-order valence-corrected chi connectivity index (χ3v) is 3.65. The fraction of sp³-hybridized carbons (Fsp3) is 0.647. The first kappa shape index (κ1) is 16.1. The van der Waals surface area contributed by atoms with Crippen LogP contribution in [0.1, 0.15) is 44.7 Å². The van der Waals surface area contributed by atoms with Crippen LogP contribution in [-0.2, 0) is 4.74 Å². The molecule has 0 radical (unpaired) electrons. The van der Waals surface area contributed by atoms with Crippen molar-refractivity contribution in [1.82, 2.24) is 5.32 Å². The van der Waals surface area contributed by atoms with Crippen LogP contribution >= 0.6 is 0 Å². The second kappa shape index (κ2) is 8.25. The number of nitrogens with one attached hydrogen (secondary N) is 1. The molecule has 2 rings (SSSR count). The molecule has 4 nitrogen and oxygen atoms in total. The van der Waals surface area contributed by atoms with Crippen molar-refractivity contribution in [2.45, 2.75) is 45.2 Å². The van der Waals surface area contributed by atoms with Crippen molar-refractivity contribution in [3.8, 4) is 11.5 Å². The van der Waals surface area contributed by atoms with E-state index in [1.54, 1.807) is 7.11 Å². The average molecular weight is 293 g/mol. The fourth-order valence-electron chi connectivity index (χ4n) is 2.26. The molecule has 21 heavy (non-hydrogen) atoms. The van der Waals surface area contributed by atoms with E-state index in [-0.39, 0.29) is 0 Å². The van der Waals surface area contributed by atoms with Crippen LogP contribution in [0.2, 0.25) is 0 Å². The van der Waals surface area contributed by atoms with Crippen LogP contribution < -0.4 is 14.8 Å². The molecular formula is C17H27NO3. The van der Waals surface area contributed by atoms with Crippen LogP contribution in [0, 0.1) is 0 Å². The fourth-order valence-corrected chi connectivity index (χ4v) is 2.26. The van der Waals surface area contributed by atoms with E-state index in [9.17, 15) is 0 Å². The molecule has 0 amide bonds. The lowest BCUT2D eigenvalue weighted by Gasteiger charge is -2.17. The van der Waals surface area contributed by atoms with Crippen molar-refractivity contribution in [2.75, 3.05) is 26.9 Å². The number of ether oxygens (including phenoxy) is 3. The zero-order valence-electron chi connectivity index (χ0n) is 13.4. The molecule has 0 spiro atoms. The predicted molar refractivity (Wildman–Crippen MR) is 84.2 cm³/mol. The number of hydrogen-bond donors (Lipinski definition) is 1. The predicted octanol–water partition coefficient (Wildman–Crippen LogP) is 3.31. The van der Waals surface area contributed by atoms with Gasteiger partial charge in [-0.2, -0.15) is 0 Å². The molecule has 1 aliphatic rings. The van der Waals surface area contributed by atoms with Gasteiger partial charge in [0.25, 0.3) is 0 Å². The third-order valence-electron chi connectivity index (χ3n) is 3.65. The topological polar surface area (TPSA) is 39.7 Å². The van der Waals surface area contributed by atoms with E-state index in [2.05, 4.69) is 24.4 Å². The first-order valence-electron chi connectivity index (χ1n) is 7.89. The van der Waals surface area contributed by atoms with Gasteiger partial charge in [0.15, 0.2) is 11.5 Å². The van der Waals surface area contributed by atoms with Crippen LogP contribution in [0.4, 0.5) is 0 Å². The summed E-state index contributed by atoms with van der Waals surface area (Å²) < 4.78 is 16.5. The minimum Gasteiger partial charge on any atom is -0.493 e. The Morgan fingerprint density at radius 2 is 2.05 bits per heavy atom. The SMILES string of the molecule is CCOCCCOc1cc(C(C)NC2CC2)ccc1OC.